The van der Waals surface area contributed by atoms with Gasteiger partial charge in [0.2, 0.25) is 5.89 Å². The van der Waals surface area contributed by atoms with Crippen molar-refractivity contribution in [3.05, 3.63) is 23.9 Å². The van der Waals surface area contributed by atoms with Crippen LogP contribution in [0.15, 0.2) is 10.9 Å². The standard InChI is InChI=1S/C16H25N7O2/c1-11-20-14(25-21-11)12-6-5-7-22(9-12)15(24)17-8-13-18-10-19-23(13)16(2,3)4/h10,12H,5-9H2,1-4H3,(H,17,24)/t12-/m0/s1. The number of hydrogen-bond acceptors (Lipinski definition) is 6. The van der Waals surface area contributed by atoms with Crippen molar-refractivity contribution in [1.29, 1.82) is 0 Å². The van der Waals surface area contributed by atoms with Crippen molar-refractivity contribution in [1.82, 2.24) is 35.1 Å². The molecule has 1 aliphatic rings. The molecule has 0 aromatic carbocycles. The second kappa shape index (κ2) is 6.81. The summed E-state index contributed by atoms with van der Waals surface area (Å²) in [5, 5.41) is 11.0. The number of aromatic nitrogens is 5. The lowest BCUT2D eigenvalue weighted by atomic mass is 9.98. The zero-order chi connectivity index (χ0) is 18.0. The number of nitrogens with zero attached hydrogens (tertiary/aromatic N) is 6. The monoisotopic (exact) mass is 347 g/mol. The molecule has 0 spiro atoms. The molecule has 0 radical (unpaired) electrons. The lowest BCUT2D eigenvalue weighted by Gasteiger charge is -2.31. The van der Waals surface area contributed by atoms with Crippen LogP contribution in [0, 0.1) is 6.92 Å². The molecular formula is C16H25N7O2. The molecule has 2 amide bonds. The topological polar surface area (TPSA) is 102 Å². The van der Waals surface area contributed by atoms with Crippen molar-refractivity contribution in [2.45, 2.75) is 58.5 Å². The van der Waals surface area contributed by atoms with Crippen LogP contribution in [0.3, 0.4) is 0 Å². The Hall–Kier alpha value is -2.45. The van der Waals surface area contributed by atoms with Gasteiger partial charge in [-0.15, -0.1) is 0 Å². The summed E-state index contributed by atoms with van der Waals surface area (Å²) in [6.07, 6.45) is 3.38. The predicted molar refractivity (Wildman–Crippen MR) is 89.8 cm³/mol. The van der Waals surface area contributed by atoms with E-state index in [1.807, 2.05) is 4.68 Å². The van der Waals surface area contributed by atoms with Crippen LogP contribution in [0.5, 0.6) is 0 Å². The van der Waals surface area contributed by atoms with Gasteiger partial charge in [-0.2, -0.15) is 10.1 Å². The maximum atomic E-state index is 12.5. The van der Waals surface area contributed by atoms with Crippen molar-refractivity contribution in [2.75, 3.05) is 13.1 Å². The van der Waals surface area contributed by atoms with Gasteiger partial charge >= 0.3 is 6.03 Å². The van der Waals surface area contributed by atoms with Crippen LogP contribution in [0.1, 0.15) is 57.1 Å². The fourth-order valence-electron chi connectivity index (χ4n) is 3.05. The van der Waals surface area contributed by atoms with E-state index in [9.17, 15) is 4.79 Å². The number of carbonyl (C=O) groups excluding carboxylic acids is 1. The van der Waals surface area contributed by atoms with Crippen LogP contribution in [0.25, 0.3) is 0 Å². The molecule has 0 aliphatic carbocycles. The normalized spacial score (nSPS) is 18.4. The van der Waals surface area contributed by atoms with Gasteiger partial charge in [0.05, 0.1) is 18.0 Å². The maximum absolute atomic E-state index is 12.5. The summed E-state index contributed by atoms with van der Waals surface area (Å²) < 4.78 is 7.09. The number of hydrogen-bond donors (Lipinski definition) is 1. The SMILES string of the molecule is Cc1noc([C@H]2CCCN(C(=O)NCc3ncnn3C(C)(C)C)C2)n1. The number of urea groups is 1. The third-order valence-corrected chi connectivity index (χ3v) is 4.25. The van der Waals surface area contributed by atoms with Crippen LogP contribution in [-0.2, 0) is 12.1 Å². The van der Waals surface area contributed by atoms with Gasteiger partial charge in [-0.1, -0.05) is 5.16 Å². The molecule has 1 saturated heterocycles. The highest BCUT2D eigenvalue weighted by Gasteiger charge is 2.28. The van der Waals surface area contributed by atoms with E-state index in [1.165, 1.54) is 6.33 Å². The van der Waals surface area contributed by atoms with Crippen LogP contribution in [-0.4, -0.2) is 48.9 Å². The first-order chi connectivity index (χ1) is 11.8. The van der Waals surface area contributed by atoms with E-state index < -0.39 is 0 Å². The molecule has 1 fully saturated rings. The van der Waals surface area contributed by atoms with Gasteiger partial charge in [0.25, 0.3) is 0 Å². The summed E-state index contributed by atoms with van der Waals surface area (Å²) in [6.45, 7) is 9.60. The molecule has 3 heterocycles. The fraction of sp³-hybridized carbons (Fsp3) is 0.688. The highest BCUT2D eigenvalue weighted by molar-refractivity contribution is 5.74. The van der Waals surface area contributed by atoms with Gasteiger partial charge < -0.3 is 14.7 Å². The Bertz CT molecular complexity index is 731. The third kappa shape index (κ3) is 3.97. The first-order valence-corrected chi connectivity index (χ1v) is 8.57. The largest absolute Gasteiger partial charge is 0.339 e. The van der Waals surface area contributed by atoms with Gasteiger partial charge in [-0.25, -0.2) is 14.5 Å². The third-order valence-electron chi connectivity index (χ3n) is 4.25. The van der Waals surface area contributed by atoms with Gasteiger partial charge in [0.15, 0.2) is 5.82 Å². The predicted octanol–water partition coefficient (Wildman–Crippen LogP) is 1.81. The number of amides is 2. The molecule has 2 aromatic rings. The Labute approximate surface area is 146 Å². The molecule has 1 atom stereocenters. The minimum atomic E-state index is -0.178. The average Bonchev–Trinajstić information content (AvgIpc) is 3.21. The number of piperidine rings is 1. The first kappa shape index (κ1) is 17.4. The summed E-state index contributed by atoms with van der Waals surface area (Å²) in [5.41, 5.74) is -0.178. The summed E-state index contributed by atoms with van der Waals surface area (Å²) in [7, 11) is 0. The summed E-state index contributed by atoms with van der Waals surface area (Å²) in [4.78, 5) is 22.9. The molecule has 2 aromatic heterocycles. The Morgan fingerprint density at radius 2 is 2.24 bits per heavy atom. The van der Waals surface area contributed by atoms with Gasteiger partial charge in [0.1, 0.15) is 12.2 Å². The Kier molecular flexibility index (Phi) is 4.73. The van der Waals surface area contributed by atoms with E-state index in [1.54, 1.807) is 11.8 Å². The van der Waals surface area contributed by atoms with E-state index in [-0.39, 0.29) is 17.5 Å². The van der Waals surface area contributed by atoms with Crippen LogP contribution in [0.2, 0.25) is 0 Å². The number of carbonyl (C=O) groups is 1. The molecule has 1 N–H and O–H groups in total. The Morgan fingerprint density at radius 1 is 1.44 bits per heavy atom. The maximum Gasteiger partial charge on any atom is 0.317 e. The summed E-state index contributed by atoms with van der Waals surface area (Å²) in [5.74, 6) is 2.07. The zero-order valence-electron chi connectivity index (χ0n) is 15.2. The van der Waals surface area contributed by atoms with Gasteiger partial charge in [0, 0.05) is 13.1 Å². The zero-order valence-corrected chi connectivity index (χ0v) is 15.2. The van der Waals surface area contributed by atoms with Crippen LogP contribution < -0.4 is 5.32 Å². The van der Waals surface area contributed by atoms with Crippen molar-refractivity contribution < 1.29 is 9.32 Å². The number of nitrogens with one attached hydrogen (secondary N) is 1. The van der Waals surface area contributed by atoms with E-state index >= 15 is 0 Å². The Balaban J connectivity index is 1.59. The highest BCUT2D eigenvalue weighted by Crippen LogP contribution is 2.25. The van der Waals surface area contributed by atoms with E-state index in [4.69, 9.17) is 4.52 Å². The van der Waals surface area contributed by atoms with Crippen LogP contribution in [0.4, 0.5) is 4.79 Å². The van der Waals surface area contributed by atoms with Gasteiger partial charge in [-0.3, -0.25) is 0 Å². The minimum Gasteiger partial charge on any atom is -0.339 e. The molecular weight excluding hydrogens is 322 g/mol. The second-order valence-corrected chi connectivity index (χ2v) is 7.38. The molecule has 9 nitrogen and oxygen atoms in total. The second-order valence-electron chi connectivity index (χ2n) is 7.38. The molecule has 0 saturated carbocycles. The van der Waals surface area contributed by atoms with Crippen molar-refractivity contribution in [3.8, 4) is 0 Å². The molecule has 1 aliphatic heterocycles. The van der Waals surface area contributed by atoms with Crippen molar-refractivity contribution >= 4 is 6.03 Å². The minimum absolute atomic E-state index is 0.0962. The summed E-state index contributed by atoms with van der Waals surface area (Å²) in [6, 6.07) is -0.107. The number of rotatable bonds is 3. The fourth-order valence-corrected chi connectivity index (χ4v) is 3.05. The Morgan fingerprint density at radius 3 is 2.92 bits per heavy atom. The summed E-state index contributed by atoms with van der Waals surface area (Å²) >= 11 is 0. The number of aryl methyl sites for hydroxylation is 1. The van der Waals surface area contributed by atoms with E-state index in [0.29, 0.717) is 24.8 Å². The lowest BCUT2D eigenvalue weighted by molar-refractivity contribution is 0.171. The first-order valence-electron chi connectivity index (χ1n) is 8.57. The lowest BCUT2D eigenvalue weighted by Crippen LogP contribution is -2.45. The molecule has 3 rings (SSSR count). The smallest absolute Gasteiger partial charge is 0.317 e. The van der Waals surface area contributed by atoms with Crippen LogP contribution >= 0.6 is 0 Å². The molecule has 0 unspecified atom stereocenters. The average molecular weight is 347 g/mol. The molecule has 136 valence electrons. The van der Waals surface area contributed by atoms with E-state index in [2.05, 4.69) is 46.3 Å². The molecule has 9 heteroatoms. The molecule has 0 bridgehead atoms. The van der Waals surface area contributed by atoms with Crippen molar-refractivity contribution in [3.63, 3.8) is 0 Å². The quantitative estimate of drug-likeness (QED) is 0.908. The van der Waals surface area contributed by atoms with E-state index in [0.717, 1.165) is 25.2 Å². The van der Waals surface area contributed by atoms with Crippen molar-refractivity contribution in [2.24, 2.45) is 0 Å². The highest BCUT2D eigenvalue weighted by atomic mass is 16.5. The number of likely N-dealkylation sites (tertiary alicyclic amines) is 1. The van der Waals surface area contributed by atoms with Gasteiger partial charge in [-0.05, 0) is 40.5 Å². The molecule has 25 heavy (non-hydrogen) atoms.